The second kappa shape index (κ2) is 3.16. The number of nitrogens with two attached hydrogens (primary N) is 1. The lowest BCUT2D eigenvalue weighted by Crippen LogP contribution is -2.23. The van der Waals surface area contributed by atoms with Crippen molar-refractivity contribution in [2.45, 2.75) is 0 Å². The SMILES string of the molecule is NC(=S)Nc1ccc[nH]c1=O. The molecule has 0 saturated carbocycles. The quantitative estimate of drug-likeness (QED) is 0.519. The average Bonchev–Trinajstić information content (AvgIpc) is 1.93. The molecule has 0 unspecified atom stereocenters. The molecular formula is C6H7N3OS. The van der Waals surface area contributed by atoms with Crippen molar-refractivity contribution in [2.24, 2.45) is 5.73 Å². The predicted molar refractivity (Wildman–Crippen MR) is 47.5 cm³/mol. The van der Waals surface area contributed by atoms with Crippen molar-refractivity contribution in [1.29, 1.82) is 0 Å². The van der Waals surface area contributed by atoms with Gasteiger partial charge in [0.05, 0.1) is 0 Å². The van der Waals surface area contributed by atoms with E-state index in [1.54, 1.807) is 12.1 Å². The van der Waals surface area contributed by atoms with Gasteiger partial charge in [-0.05, 0) is 24.4 Å². The zero-order valence-corrected chi connectivity index (χ0v) is 6.44. The highest BCUT2D eigenvalue weighted by Gasteiger charge is 1.95. The Balaban J connectivity index is 2.95. The van der Waals surface area contributed by atoms with Crippen molar-refractivity contribution < 1.29 is 0 Å². The van der Waals surface area contributed by atoms with Gasteiger partial charge >= 0.3 is 0 Å². The van der Waals surface area contributed by atoms with Gasteiger partial charge in [-0.3, -0.25) is 4.79 Å². The molecule has 4 N–H and O–H groups in total. The summed E-state index contributed by atoms with van der Waals surface area (Å²) in [5.74, 6) is 0. The highest BCUT2D eigenvalue weighted by Crippen LogP contribution is 1.93. The first-order valence-electron chi connectivity index (χ1n) is 2.94. The molecule has 0 spiro atoms. The van der Waals surface area contributed by atoms with Crippen LogP contribution in [0.15, 0.2) is 23.1 Å². The Kier molecular flexibility index (Phi) is 2.22. The first kappa shape index (κ1) is 7.74. The van der Waals surface area contributed by atoms with E-state index in [9.17, 15) is 4.79 Å². The van der Waals surface area contributed by atoms with Crippen molar-refractivity contribution in [3.8, 4) is 0 Å². The molecule has 5 heteroatoms. The van der Waals surface area contributed by atoms with Crippen molar-refractivity contribution in [3.05, 3.63) is 28.7 Å². The van der Waals surface area contributed by atoms with Gasteiger partial charge in [-0.15, -0.1) is 0 Å². The number of thiocarbonyl (C=S) groups is 1. The number of nitrogens with one attached hydrogen (secondary N) is 2. The molecule has 1 aromatic heterocycles. The predicted octanol–water partition coefficient (Wildman–Crippen LogP) is 0.0304. The number of aromatic amines is 1. The topological polar surface area (TPSA) is 70.9 Å². The molecule has 1 heterocycles. The summed E-state index contributed by atoms with van der Waals surface area (Å²) in [6, 6.07) is 3.28. The van der Waals surface area contributed by atoms with Gasteiger partial charge in [0, 0.05) is 6.20 Å². The standard InChI is InChI=1S/C6H7N3OS/c7-6(11)9-4-2-1-3-8-5(4)10/h1-3H,(H,8,10)(H3,7,9,11). The fourth-order valence-electron chi connectivity index (χ4n) is 0.653. The van der Waals surface area contributed by atoms with Gasteiger partial charge in [0.2, 0.25) is 0 Å². The molecule has 0 amide bonds. The first-order chi connectivity index (χ1) is 5.20. The van der Waals surface area contributed by atoms with Crippen LogP contribution in [0.1, 0.15) is 0 Å². The van der Waals surface area contributed by atoms with E-state index in [1.165, 1.54) is 6.20 Å². The summed E-state index contributed by atoms with van der Waals surface area (Å²) in [7, 11) is 0. The zero-order chi connectivity index (χ0) is 8.27. The second-order valence-electron chi connectivity index (χ2n) is 1.90. The van der Waals surface area contributed by atoms with Gasteiger partial charge in [-0.1, -0.05) is 0 Å². The molecule has 1 rings (SSSR count). The van der Waals surface area contributed by atoms with Crippen LogP contribution in [0.4, 0.5) is 5.69 Å². The van der Waals surface area contributed by atoms with Crippen molar-refractivity contribution in [3.63, 3.8) is 0 Å². The van der Waals surface area contributed by atoms with E-state index in [4.69, 9.17) is 5.73 Å². The fraction of sp³-hybridized carbons (Fsp3) is 0. The number of hydrogen-bond acceptors (Lipinski definition) is 2. The summed E-state index contributed by atoms with van der Waals surface area (Å²) in [6.45, 7) is 0. The lowest BCUT2D eigenvalue weighted by molar-refractivity contribution is 1.24. The number of H-pyrrole nitrogens is 1. The Hall–Kier alpha value is -1.36. The summed E-state index contributed by atoms with van der Waals surface area (Å²) in [5, 5.41) is 2.62. The monoisotopic (exact) mass is 169 g/mol. The molecule has 4 nitrogen and oxygen atoms in total. The Bertz CT molecular complexity index is 320. The minimum absolute atomic E-state index is 0.0849. The second-order valence-corrected chi connectivity index (χ2v) is 2.34. The van der Waals surface area contributed by atoms with Gasteiger partial charge in [-0.25, -0.2) is 0 Å². The van der Waals surface area contributed by atoms with E-state index in [2.05, 4.69) is 22.5 Å². The summed E-state index contributed by atoms with van der Waals surface area (Å²) >= 11 is 4.55. The number of pyridine rings is 1. The Morgan fingerprint density at radius 3 is 3.00 bits per heavy atom. The molecule has 1 aromatic rings. The lowest BCUT2D eigenvalue weighted by Gasteiger charge is -1.99. The van der Waals surface area contributed by atoms with Gasteiger partial charge in [-0.2, -0.15) is 0 Å². The van der Waals surface area contributed by atoms with Crippen LogP contribution in [-0.2, 0) is 0 Å². The average molecular weight is 169 g/mol. The van der Waals surface area contributed by atoms with Gasteiger partial charge in [0.25, 0.3) is 5.56 Å². The third-order valence-corrected chi connectivity index (χ3v) is 1.18. The van der Waals surface area contributed by atoms with Crippen LogP contribution >= 0.6 is 12.2 Å². The maximum Gasteiger partial charge on any atom is 0.271 e. The first-order valence-corrected chi connectivity index (χ1v) is 3.35. The smallest absolute Gasteiger partial charge is 0.271 e. The lowest BCUT2D eigenvalue weighted by atomic mass is 10.4. The number of aromatic nitrogens is 1. The molecule has 58 valence electrons. The molecule has 0 radical (unpaired) electrons. The molecule has 0 fully saturated rings. The highest BCUT2D eigenvalue weighted by molar-refractivity contribution is 7.80. The highest BCUT2D eigenvalue weighted by atomic mass is 32.1. The number of hydrogen-bond donors (Lipinski definition) is 3. The van der Waals surface area contributed by atoms with Gasteiger partial charge in [0.15, 0.2) is 5.11 Å². The van der Waals surface area contributed by atoms with Crippen LogP contribution in [0.5, 0.6) is 0 Å². The summed E-state index contributed by atoms with van der Waals surface area (Å²) < 4.78 is 0. The van der Waals surface area contributed by atoms with E-state index in [0.717, 1.165) is 0 Å². The van der Waals surface area contributed by atoms with Crippen LogP contribution in [0.3, 0.4) is 0 Å². The zero-order valence-electron chi connectivity index (χ0n) is 5.63. The van der Waals surface area contributed by atoms with E-state index in [0.29, 0.717) is 5.69 Å². The fourth-order valence-corrected chi connectivity index (χ4v) is 0.763. The van der Waals surface area contributed by atoms with Gasteiger partial charge < -0.3 is 16.0 Å². The Labute approximate surface area is 68.4 Å². The van der Waals surface area contributed by atoms with E-state index in [-0.39, 0.29) is 10.7 Å². The van der Waals surface area contributed by atoms with Crippen molar-refractivity contribution in [1.82, 2.24) is 4.98 Å². The van der Waals surface area contributed by atoms with Crippen LogP contribution in [0.2, 0.25) is 0 Å². The molecule has 0 aromatic carbocycles. The number of anilines is 1. The third kappa shape index (κ3) is 2.05. The minimum Gasteiger partial charge on any atom is -0.376 e. The Morgan fingerprint density at radius 1 is 1.73 bits per heavy atom. The van der Waals surface area contributed by atoms with E-state index >= 15 is 0 Å². The third-order valence-electron chi connectivity index (χ3n) is 1.08. The molecule has 0 aliphatic rings. The molecule has 0 aliphatic carbocycles. The normalized spacial score (nSPS) is 9.09. The summed E-state index contributed by atoms with van der Waals surface area (Å²) in [6.07, 6.45) is 1.53. The van der Waals surface area contributed by atoms with Crippen LogP contribution in [0, 0.1) is 0 Å². The molecular weight excluding hydrogens is 162 g/mol. The minimum atomic E-state index is -0.236. The van der Waals surface area contributed by atoms with Crippen LogP contribution in [-0.4, -0.2) is 10.1 Å². The van der Waals surface area contributed by atoms with Crippen LogP contribution in [0.25, 0.3) is 0 Å². The molecule has 0 bridgehead atoms. The van der Waals surface area contributed by atoms with E-state index < -0.39 is 0 Å². The molecule has 0 saturated heterocycles. The maximum absolute atomic E-state index is 10.9. The maximum atomic E-state index is 10.9. The molecule has 0 atom stereocenters. The molecule has 0 aliphatic heterocycles. The summed E-state index contributed by atoms with van der Waals surface area (Å²) in [5.41, 5.74) is 5.29. The molecule has 11 heavy (non-hydrogen) atoms. The largest absolute Gasteiger partial charge is 0.376 e. The van der Waals surface area contributed by atoms with Gasteiger partial charge in [0.1, 0.15) is 5.69 Å². The van der Waals surface area contributed by atoms with E-state index in [1.807, 2.05) is 0 Å². The Morgan fingerprint density at radius 2 is 2.45 bits per heavy atom. The summed E-state index contributed by atoms with van der Waals surface area (Å²) in [4.78, 5) is 13.4. The number of rotatable bonds is 1. The van der Waals surface area contributed by atoms with Crippen LogP contribution < -0.4 is 16.6 Å². The van der Waals surface area contributed by atoms with Crippen molar-refractivity contribution in [2.75, 3.05) is 5.32 Å². The van der Waals surface area contributed by atoms with Crippen molar-refractivity contribution >= 4 is 23.0 Å².